The summed E-state index contributed by atoms with van der Waals surface area (Å²) in [6.45, 7) is 8.97. The zero-order valence-corrected chi connectivity index (χ0v) is 19.1. The van der Waals surface area contributed by atoms with Gasteiger partial charge >= 0.3 is 0 Å². The van der Waals surface area contributed by atoms with Gasteiger partial charge in [0.2, 0.25) is 10.0 Å². The van der Waals surface area contributed by atoms with E-state index in [4.69, 9.17) is 0 Å². The summed E-state index contributed by atoms with van der Waals surface area (Å²) < 4.78 is 27.7. The Labute approximate surface area is 184 Å². The van der Waals surface area contributed by atoms with Gasteiger partial charge in [0.25, 0.3) is 0 Å². The Balaban J connectivity index is 1.43. The number of fused-ring (bicyclic) bond motifs is 1. The molecule has 1 aromatic heterocycles. The molecule has 1 saturated heterocycles. The van der Waals surface area contributed by atoms with Crippen molar-refractivity contribution in [3.63, 3.8) is 0 Å². The summed E-state index contributed by atoms with van der Waals surface area (Å²) in [7, 11) is -3.51. The highest BCUT2D eigenvalue weighted by atomic mass is 32.2. The summed E-state index contributed by atoms with van der Waals surface area (Å²) in [5.41, 5.74) is 2.50. The Kier molecular flexibility index (Phi) is 5.77. The van der Waals surface area contributed by atoms with Gasteiger partial charge in [-0.05, 0) is 29.2 Å². The number of rotatable bonds is 4. The Morgan fingerprint density at radius 3 is 2.29 bits per heavy atom. The molecular weight excluding hydrogens is 410 g/mol. The molecule has 31 heavy (non-hydrogen) atoms. The average Bonchev–Trinajstić information content (AvgIpc) is 2.76. The van der Waals surface area contributed by atoms with E-state index in [1.54, 1.807) is 22.6 Å². The van der Waals surface area contributed by atoms with Crippen molar-refractivity contribution in [3.8, 4) is 5.75 Å². The third kappa shape index (κ3) is 4.44. The maximum absolute atomic E-state index is 13.1. The minimum absolute atomic E-state index is 0.0161. The van der Waals surface area contributed by atoms with Gasteiger partial charge in [-0.2, -0.15) is 4.31 Å². The number of pyridine rings is 1. The zero-order chi connectivity index (χ0) is 22.2. The number of aromatic nitrogens is 1. The van der Waals surface area contributed by atoms with Gasteiger partial charge in [0, 0.05) is 49.9 Å². The molecule has 2 heterocycles. The second-order valence-electron chi connectivity index (χ2n) is 9.10. The quantitative estimate of drug-likeness (QED) is 0.670. The molecule has 2 aromatic carbocycles. The fraction of sp³-hybridized carbons (Fsp3) is 0.375. The van der Waals surface area contributed by atoms with Gasteiger partial charge in [0.15, 0.2) is 0 Å². The SMILES string of the molecule is CC(C)(C)c1ccc(S(=O)(=O)N2CCN(Cc3ccc4cccnc4c3O)CC2)cc1. The molecule has 1 aliphatic heterocycles. The molecule has 1 N–H and O–H groups in total. The van der Waals surface area contributed by atoms with E-state index in [-0.39, 0.29) is 11.2 Å². The van der Waals surface area contributed by atoms with Crippen molar-refractivity contribution in [1.29, 1.82) is 0 Å². The van der Waals surface area contributed by atoms with Crippen LogP contribution in [0.5, 0.6) is 5.75 Å². The van der Waals surface area contributed by atoms with Crippen molar-refractivity contribution in [2.45, 2.75) is 37.6 Å². The number of phenolic OH excluding ortho intramolecular Hbond substituents is 1. The highest BCUT2D eigenvalue weighted by molar-refractivity contribution is 7.89. The van der Waals surface area contributed by atoms with E-state index >= 15 is 0 Å². The van der Waals surface area contributed by atoms with Crippen LogP contribution < -0.4 is 0 Å². The van der Waals surface area contributed by atoms with Crippen LogP contribution in [0.1, 0.15) is 31.9 Å². The molecule has 0 amide bonds. The van der Waals surface area contributed by atoms with E-state index in [2.05, 4.69) is 30.7 Å². The molecule has 0 atom stereocenters. The lowest BCUT2D eigenvalue weighted by molar-refractivity contribution is 0.180. The molecule has 0 bridgehead atoms. The summed E-state index contributed by atoms with van der Waals surface area (Å²) in [6, 6.07) is 14.9. The van der Waals surface area contributed by atoms with Gasteiger partial charge in [0.05, 0.1) is 4.90 Å². The van der Waals surface area contributed by atoms with Crippen LogP contribution >= 0.6 is 0 Å². The number of benzene rings is 2. The van der Waals surface area contributed by atoms with Crippen molar-refractivity contribution in [3.05, 3.63) is 65.9 Å². The monoisotopic (exact) mass is 439 g/mol. The van der Waals surface area contributed by atoms with E-state index < -0.39 is 10.0 Å². The van der Waals surface area contributed by atoms with Crippen LogP contribution in [0.15, 0.2) is 59.6 Å². The maximum atomic E-state index is 13.1. The first kappa shape index (κ1) is 21.7. The molecule has 0 unspecified atom stereocenters. The van der Waals surface area contributed by atoms with E-state index in [0.717, 1.165) is 16.5 Å². The van der Waals surface area contributed by atoms with E-state index in [9.17, 15) is 13.5 Å². The summed E-state index contributed by atoms with van der Waals surface area (Å²) in [4.78, 5) is 6.78. The van der Waals surface area contributed by atoms with Crippen molar-refractivity contribution in [1.82, 2.24) is 14.2 Å². The first-order valence-corrected chi connectivity index (χ1v) is 12.0. The molecule has 1 aliphatic rings. The molecule has 1 fully saturated rings. The van der Waals surface area contributed by atoms with E-state index in [1.807, 2.05) is 36.4 Å². The van der Waals surface area contributed by atoms with Gasteiger partial charge in [-0.15, -0.1) is 0 Å². The Bertz CT molecular complexity index is 1180. The highest BCUT2D eigenvalue weighted by Gasteiger charge is 2.29. The molecule has 0 aliphatic carbocycles. The molecule has 6 nitrogen and oxygen atoms in total. The Morgan fingerprint density at radius 1 is 0.968 bits per heavy atom. The lowest BCUT2D eigenvalue weighted by Gasteiger charge is -2.34. The number of aromatic hydroxyl groups is 1. The summed E-state index contributed by atoms with van der Waals surface area (Å²) in [5, 5.41) is 11.5. The molecule has 7 heteroatoms. The van der Waals surface area contributed by atoms with E-state index in [0.29, 0.717) is 43.1 Å². The standard InChI is InChI=1S/C24H29N3O3S/c1-24(2,3)20-8-10-21(11-9-20)31(29,30)27-15-13-26(14-16-27)17-19-7-6-18-5-4-12-25-22(18)23(19)28/h4-12,28H,13-17H2,1-3H3. The van der Waals surface area contributed by atoms with Crippen LogP contribution in [-0.4, -0.2) is 53.9 Å². The smallest absolute Gasteiger partial charge is 0.243 e. The molecule has 0 radical (unpaired) electrons. The lowest BCUT2D eigenvalue weighted by atomic mass is 9.87. The van der Waals surface area contributed by atoms with Crippen LogP contribution in [0.2, 0.25) is 0 Å². The van der Waals surface area contributed by atoms with Crippen molar-refractivity contribution in [2.24, 2.45) is 0 Å². The minimum Gasteiger partial charge on any atom is -0.505 e. The summed E-state index contributed by atoms with van der Waals surface area (Å²) in [5.74, 6) is 0.201. The number of hydrogen-bond acceptors (Lipinski definition) is 5. The van der Waals surface area contributed by atoms with Gasteiger partial charge in [-0.1, -0.05) is 51.1 Å². The fourth-order valence-corrected chi connectivity index (χ4v) is 5.37. The van der Waals surface area contributed by atoms with Gasteiger partial charge < -0.3 is 5.11 Å². The minimum atomic E-state index is -3.51. The average molecular weight is 440 g/mol. The largest absolute Gasteiger partial charge is 0.505 e. The third-order valence-corrected chi connectivity index (χ3v) is 7.83. The van der Waals surface area contributed by atoms with Gasteiger partial charge in [0.1, 0.15) is 11.3 Å². The van der Waals surface area contributed by atoms with Crippen molar-refractivity contribution < 1.29 is 13.5 Å². The van der Waals surface area contributed by atoms with Gasteiger partial charge in [-0.3, -0.25) is 9.88 Å². The fourth-order valence-electron chi connectivity index (χ4n) is 3.94. The second-order valence-corrected chi connectivity index (χ2v) is 11.0. The number of phenols is 1. The van der Waals surface area contributed by atoms with Crippen LogP contribution in [0, 0.1) is 0 Å². The first-order valence-electron chi connectivity index (χ1n) is 10.5. The van der Waals surface area contributed by atoms with Crippen molar-refractivity contribution in [2.75, 3.05) is 26.2 Å². The number of hydrogen-bond donors (Lipinski definition) is 1. The second kappa shape index (κ2) is 8.22. The first-order chi connectivity index (χ1) is 14.7. The summed E-state index contributed by atoms with van der Waals surface area (Å²) >= 11 is 0. The van der Waals surface area contributed by atoms with Gasteiger partial charge in [-0.25, -0.2) is 8.42 Å². The highest BCUT2D eigenvalue weighted by Crippen LogP contribution is 2.29. The molecular formula is C24H29N3O3S. The van der Waals surface area contributed by atoms with Crippen molar-refractivity contribution >= 4 is 20.9 Å². The Morgan fingerprint density at radius 2 is 1.65 bits per heavy atom. The molecule has 0 spiro atoms. The number of sulfonamides is 1. The van der Waals surface area contributed by atoms with Crippen LogP contribution in [-0.2, 0) is 22.0 Å². The molecule has 4 rings (SSSR count). The predicted octanol–water partition coefficient (Wildman–Crippen LogP) is 3.74. The normalized spacial score (nSPS) is 16.6. The molecule has 3 aromatic rings. The third-order valence-electron chi connectivity index (χ3n) is 5.91. The van der Waals surface area contributed by atoms with Crippen LogP contribution in [0.4, 0.5) is 0 Å². The van der Waals surface area contributed by atoms with E-state index in [1.165, 1.54) is 0 Å². The lowest BCUT2D eigenvalue weighted by Crippen LogP contribution is -2.48. The van der Waals surface area contributed by atoms with Crippen LogP contribution in [0.25, 0.3) is 10.9 Å². The number of piperazine rings is 1. The molecule has 0 saturated carbocycles. The van der Waals surface area contributed by atoms with Crippen LogP contribution in [0.3, 0.4) is 0 Å². The Hall–Kier alpha value is -2.48. The molecule has 164 valence electrons. The number of nitrogens with zero attached hydrogens (tertiary/aromatic N) is 3. The zero-order valence-electron chi connectivity index (χ0n) is 18.2. The maximum Gasteiger partial charge on any atom is 0.243 e. The predicted molar refractivity (Wildman–Crippen MR) is 123 cm³/mol. The summed E-state index contributed by atoms with van der Waals surface area (Å²) in [6.07, 6.45) is 1.67. The topological polar surface area (TPSA) is 73.7 Å².